The molecule has 0 saturated heterocycles. The van der Waals surface area contributed by atoms with Crippen LogP contribution in [0.1, 0.15) is 18.6 Å². The lowest BCUT2D eigenvalue weighted by molar-refractivity contribution is -0.124. The summed E-state index contributed by atoms with van der Waals surface area (Å²) in [6.45, 7) is 2.53. The third kappa shape index (κ3) is 4.91. The van der Waals surface area contributed by atoms with Gasteiger partial charge in [0.1, 0.15) is 11.5 Å². The molecule has 0 saturated carbocycles. The Labute approximate surface area is 125 Å². The van der Waals surface area contributed by atoms with Gasteiger partial charge in [-0.25, -0.2) is 0 Å². The summed E-state index contributed by atoms with van der Waals surface area (Å²) in [5.74, 6) is 0.917. The van der Waals surface area contributed by atoms with Crippen LogP contribution < -0.4 is 20.1 Å². The minimum absolute atomic E-state index is 0.106. The average Bonchev–Trinajstić information content (AvgIpc) is 2.51. The lowest BCUT2D eigenvalue weighted by Gasteiger charge is -2.18. The minimum atomic E-state index is -0.860. The highest BCUT2D eigenvalue weighted by Gasteiger charge is 2.17. The molecule has 2 unspecified atom stereocenters. The Balaban J connectivity index is 2.70. The van der Waals surface area contributed by atoms with Crippen LogP contribution in [0, 0.1) is 5.92 Å². The highest BCUT2D eigenvalue weighted by atomic mass is 16.5. The molecule has 0 aliphatic rings. The SMILES string of the molecule is CNCC(C)C(=O)NCC(O)c1cc(OC)ccc1OC. The van der Waals surface area contributed by atoms with Crippen LogP contribution >= 0.6 is 0 Å². The molecule has 1 amide bonds. The summed E-state index contributed by atoms with van der Waals surface area (Å²) in [6.07, 6.45) is -0.860. The van der Waals surface area contributed by atoms with Gasteiger partial charge in [-0.1, -0.05) is 6.92 Å². The molecule has 0 radical (unpaired) electrons. The number of nitrogens with one attached hydrogen (secondary N) is 2. The molecule has 1 aromatic carbocycles. The number of carbonyl (C=O) groups is 1. The van der Waals surface area contributed by atoms with E-state index in [1.165, 1.54) is 7.11 Å². The van der Waals surface area contributed by atoms with Crippen LogP contribution in [0.25, 0.3) is 0 Å². The van der Waals surface area contributed by atoms with Crippen LogP contribution in [0.3, 0.4) is 0 Å². The summed E-state index contributed by atoms with van der Waals surface area (Å²) >= 11 is 0. The van der Waals surface area contributed by atoms with E-state index in [1.807, 2.05) is 6.92 Å². The normalized spacial score (nSPS) is 13.4. The molecule has 6 heteroatoms. The lowest BCUT2D eigenvalue weighted by atomic mass is 10.1. The van der Waals surface area contributed by atoms with E-state index < -0.39 is 6.10 Å². The first-order valence-electron chi connectivity index (χ1n) is 6.85. The maximum atomic E-state index is 11.8. The van der Waals surface area contributed by atoms with Crippen molar-refractivity contribution in [3.63, 3.8) is 0 Å². The molecule has 0 fully saturated rings. The summed E-state index contributed by atoms with van der Waals surface area (Å²) in [6, 6.07) is 5.18. The van der Waals surface area contributed by atoms with Crippen molar-refractivity contribution in [2.75, 3.05) is 34.4 Å². The zero-order chi connectivity index (χ0) is 15.8. The summed E-state index contributed by atoms with van der Waals surface area (Å²) in [5, 5.41) is 15.9. The Hall–Kier alpha value is -1.79. The van der Waals surface area contributed by atoms with Crippen molar-refractivity contribution in [3.05, 3.63) is 23.8 Å². The molecule has 0 aliphatic heterocycles. The number of amides is 1. The smallest absolute Gasteiger partial charge is 0.224 e. The van der Waals surface area contributed by atoms with Gasteiger partial charge in [0.05, 0.1) is 20.3 Å². The molecule has 0 bridgehead atoms. The second-order valence-corrected chi connectivity index (χ2v) is 4.83. The third-order valence-corrected chi connectivity index (χ3v) is 3.22. The molecule has 1 rings (SSSR count). The van der Waals surface area contributed by atoms with Gasteiger partial charge < -0.3 is 25.2 Å². The molecule has 3 N–H and O–H groups in total. The van der Waals surface area contributed by atoms with Gasteiger partial charge in [0.15, 0.2) is 0 Å². The molecular formula is C15H24N2O4. The van der Waals surface area contributed by atoms with E-state index in [4.69, 9.17) is 9.47 Å². The maximum absolute atomic E-state index is 11.8. The van der Waals surface area contributed by atoms with E-state index in [2.05, 4.69) is 10.6 Å². The number of carbonyl (C=O) groups excluding carboxylic acids is 1. The fraction of sp³-hybridized carbons (Fsp3) is 0.533. The van der Waals surface area contributed by atoms with Crippen molar-refractivity contribution in [2.45, 2.75) is 13.0 Å². The topological polar surface area (TPSA) is 79.8 Å². The predicted molar refractivity (Wildman–Crippen MR) is 80.6 cm³/mol. The maximum Gasteiger partial charge on any atom is 0.224 e. The first kappa shape index (κ1) is 17.3. The van der Waals surface area contributed by atoms with E-state index in [9.17, 15) is 9.90 Å². The van der Waals surface area contributed by atoms with Crippen LogP contribution in [0.4, 0.5) is 0 Å². The summed E-state index contributed by atoms with van der Waals surface area (Å²) < 4.78 is 10.4. The molecule has 0 spiro atoms. The van der Waals surface area contributed by atoms with Crippen LogP contribution in [-0.2, 0) is 4.79 Å². The van der Waals surface area contributed by atoms with Crippen molar-refractivity contribution < 1.29 is 19.4 Å². The number of methoxy groups -OCH3 is 2. The molecular weight excluding hydrogens is 272 g/mol. The van der Waals surface area contributed by atoms with Crippen LogP contribution in [-0.4, -0.2) is 45.4 Å². The summed E-state index contributed by atoms with van der Waals surface area (Å²) in [7, 11) is 4.88. The third-order valence-electron chi connectivity index (χ3n) is 3.22. The molecule has 0 aromatic heterocycles. The molecule has 0 aliphatic carbocycles. The van der Waals surface area contributed by atoms with E-state index in [0.29, 0.717) is 23.6 Å². The molecule has 118 valence electrons. The first-order chi connectivity index (χ1) is 10.0. The second-order valence-electron chi connectivity index (χ2n) is 4.83. The molecule has 0 heterocycles. The van der Waals surface area contributed by atoms with E-state index >= 15 is 0 Å². The monoisotopic (exact) mass is 296 g/mol. The quantitative estimate of drug-likeness (QED) is 0.658. The van der Waals surface area contributed by atoms with Crippen LogP contribution in [0.2, 0.25) is 0 Å². The fourth-order valence-electron chi connectivity index (χ4n) is 1.98. The van der Waals surface area contributed by atoms with Gasteiger partial charge in [0.25, 0.3) is 0 Å². The second kappa shape index (κ2) is 8.49. The average molecular weight is 296 g/mol. The summed E-state index contributed by atoms with van der Waals surface area (Å²) in [4.78, 5) is 11.8. The van der Waals surface area contributed by atoms with Crippen LogP contribution in [0.15, 0.2) is 18.2 Å². The largest absolute Gasteiger partial charge is 0.497 e. The Bertz CT molecular complexity index is 465. The molecule has 1 aromatic rings. The van der Waals surface area contributed by atoms with Crippen molar-refractivity contribution in [1.82, 2.24) is 10.6 Å². The van der Waals surface area contributed by atoms with Crippen LogP contribution in [0.5, 0.6) is 11.5 Å². The number of benzene rings is 1. The molecule has 2 atom stereocenters. The van der Waals surface area contributed by atoms with E-state index in [-0.39, 0.29) is 18.4 Å². The molecule has 21 heavy (non-hydrogen) atoms. The molecule has 6 nitrogen and oxygen atoms in total. The van der Waals surface area contributed by atoms with Gasteiger partial charge >= 0.3 is 0 Å². The van der Waals surface area contributed by atoms with Gasteiger partial charge in [-0.2, -0.15) is 0 Å². The number of aliphatic hydroxyl groups excluding tert-OH is 1. The summed E-state index contributed by atoms with van der Waals surface area (Å²) in [5.41, 5.74) is 0.582. The van der Waals surface area contributed by atoms with E-state index in [0.717, 1.165) is 0 Å². The van der Waals surface area contributed by atoms with Crippen molar-refractivity contribution >= 4 is 5.91 Å². The predicted octanol–water partition coefficient (Wildman–Crippen LogP) is 0.709. The van der Waals surface area contributed by atoms with Gasteiger partial charge in [0, 0.05) is 24.6 Å². The number of rotatable bonds is 8. The number of hydrogen-bond acceptors (Lipinski definition) is 5. The van der Waals surface area contributed by atoms with Crippen molar-refractivity contribution in [3.8, 4) is 11.5 Å². The highest BCUT2D eigenvalue weighted by molar-refractivity contribution is 5.78. The van der Waals surface area contributed by atoms with Gasteiger partial charge in [-0.05, 0) is 25.2 Å². The van der Waals surface area contributed by atoms with Gasteiger partial charge in [-0.15, -0.1) is 0 Å². The van der Waals surface area contributed by atoms with Crippen molar-refractivity contribution in [2.24, 2.45) is 5.92 Å². The Morgan fingerprint density at radius 3 is 2.57 bits per heavy atom. The Morgan fingerprint density at radius 1 is 1.29 bits per heavy atom. The first-order valence-corrected chi connectivity index (χ1v) is 6.85. The Morgan fingerprint density at radius 2 is 2.00 bits per heavy atom. The number of aliphatic hydroxyl groups is 1. The van der Waals surface area contributed by atoms with Gasteiger partial charge in [0.2, 0.25) is 5.91 Å². The number of ether oxygens (including phenoxy) is 2. The standard InChI is InChI=1S/C15H24N2O4/c1-10(8-16-2)15(19)17-9-13(18)12-7-11(20-3)5-6-14(12)21-4/h5-7,10,13,16,18H,8-9H2,1-4H3,(H,17,19). The zero-order valence-corrected chi connectivity index (χ0v) is 13.0. The highest BCUT2D eigenvalue weighted by Crippen LogP contribution is 2.29. The van der Waals surface area contributed by atoms with Crippen molar-refractivity contribution in [1.29, 1.82) is 0 Å². The minimum Gasteiger partial charge on any atom is -0.497 e. The number of hydrogen-bond donors (Lipinski definition) is 3. The Kier molecular flexibility index (Phi) is 6.98. The zero-order valence-electron chi connectivity index (χ0n) is 13.0. The lowest BCUT2D eigenvalue weighted by Crippen LogP contribution is -2.36. The van der Waals surface area contributed by atoms with E-state index in [1.54, 1.807) is 32.4 Å². The van der Waals surface area contributed by atoms with Gasteiger partial charge in [-0.3, -0.25) is 4.79 Å². The fourth-order valence-corrected chi connectivity index (χ4v) is 1.98.